The van der Waals surface area contributed by atoms with E-state index in [0.717, 1.165) is 60.1 Å². The first kappa shape index (κ1) is 31.9. The molecule has 7 heteroatoms. The van der Waals surface area contributed by atoms with E-state index in [1.165, 1.54) is 5.56 Å². The predicted octanol–water partition coefficient (Wildman–Crippen LogP) is 7.57. The number of piperidine rings is 3. The number of hydrogen-bond donors (Lipinski definition) is 0. The maximum Gasteiger partial charge on any atom is 0.313 e. The van der Waals surface area contributed by atoms with Crippen LogP contribution in [0.15, 0.2) is 67.4 Å². The minimum absolute atomic E-state index is 0. The van der Waals surface area contributed by atoms with E-state index in [4.69, 9.17) is 9.47 Å². The van der Waals surface area contributed by atoms with Gasteiger partial charge in [0.2, 0.25) is 0 Å². The van der Waals surface area contributed by atoms with Gasteiger partial charge in [0.15, 0.2) is 0 Å². The summed E-state index contributed by atoms with van der Waals surface area (Å²) in [5.41, 5.74) is 4.15. The minimum atomic E-state index is -0.392. The van der Waals surface area contributed by atoms with Crippen molar-refractivity contribution in [3.8, 4) is 5.75 Å². The van der Waals surface area contributed by atoms with Crippen LogP contribution in [0.25, 0.3) is 10.9 Å². The summed E-state index contributed by atoms with van der Waals surface area (Å²) >= 11 is 0. The number of fused-ring (bicyclic) bond motifs is 4. The second-order valence-corrected chi connectivity index (χ2v) is 11.4. The van der Waals surface area contributed by atoms with Gasteiger partial charge < -0.3 is 9.47 Å². The molecule has 0 radical (unpaired) electrons. The highest BCUT2D eigenvalue weighted by Crippen LogP contribution is 2.44. The van der Waals surface area contributed by atoms with E-state index in [-0.39, 0.29) is 42.7 Å². The number of methoxy groups -OCH3 is 1. The van der Waals surface area contributed by atoms with Gasteiger partial charge in [-0.25, -0.2) is 0 Å². The number of nitrogens with zero attached hydrogens (tertiary/aromatic N) is 2. The molecular formula is C33H42Cl2N2O3. The smallest absolute Gasteiger partial charge is 0.313 e. The van der Waals surface area contributed by atoms with Crippen molar-refractivity contribution in [1.82, 2.24) is 9.88 Å². The number of carbonyl (C=O) groups excluding carboxylic acids is 1. The molecular weight excluding hydrogens is 543 g/mol. The summed E-state index contributed by atoms with van der Waals surface area (Å²) < 4.78 is 12.0. The van der Waals surface area contributed by atoms with Crippen LogP contribution in [-0.2, 0) is 16.0 Å². The number of esters is 1. The Morgan fingerprint density at radius 3 is 2.50 bits per heavy atom. The van der Waals surface area contributed by atoms with Crippen molar-refractivity contribution in [3.05, 3.63) is 84.1 Å². The normalized spacial score (nSPS) is 23.0. The first-order valence-electron chi connectivity index (χ1n) is 14.0. The Morgan fingerprint density at radius 2 is 1.88 bits per heavy atom. The first-order valence-corrected chi connectivity index (χ1v) is 14.0. The standard InChI is InChI=1S/C33H40N2O3.2ClH/c1-6-24-20-35-16-14-26(24)18-31(35)32(28-13-15-34-30-12-11-27(37-5)19-29(28)30)38-33(36)22(4)25-9-7-23(8-10-25)17-21(2)3;;/h6-13,15,19,21-22,24,26,31-32H,1,14,16-18,20H2,2-5H3;2*1H. The van der Waals surface area contributed by atoms with Gasteiger partial charge in [0.25, 0.3) is 0 Å². The lowest BCUT2D eigenvalue weighted by Crippen LogP contribution is -2.55. The fraction of sp³-hybridized carbons (Fsp3) is 0.455. The lowest BCUT2D eigenvalue weighted by molar-refractivity contribution is -0.158. The van der Waals surface area contributed by atoms with Gasteiger partial charge in [-0.15, -0.1) is 31.4 Å². The van der Waals surface area contributed by atoms with Crippen molar-refractivity contribution < 1.29 is 14.3 Å². The molecule has 2 bridgehead atoms. The van der Waals surface area contributed by atoms with E-state index in [1.54, 1.807) is 7.11 Å². The highest BCUT2D eigenvalue weighted by molar-refractivity contribution is 5.86. The molecule has 0 spiro atoms. The van der Waals surface area contributed by atoms with Gasteiger partial charge >= 0.3 is 5.97 Å². The van der Waals surface area contributed by atoms with Crippen molar-refractivity contribution in [2.24, 2.45) is 17.8 Å². The Hall–Kier alpha value is -2.60. The van der Waals surface area contributed by atoms with E-state index in [9.17, 15) is 4.79 Å². The number of benzene rings is 2. The van der Waals surface area contributed by atoms with E-state index >= 15 is 0 Å². The number of aromatic nitrogens is 1. The Morgan fingerprint density at radius 1 is 1.12 bits per heavy atom. The Balaban J connectivity index is 0.00000220. The molecule has 0 N–H and O–H groups in total. The zero-order valence-corrected chi connectivity index (χ0v) is 25.5. The van der Waals surface area contributed by atoms with E-state index in [2.05, 4.69) is 60.7 Å². The molecule has 3 fully saturated rings. The molecule has 1 aromatic heterocycles. The van der Waals surface area contributed by atoms with Gasteiger partial charge in [0.05, 0.1) is 24.6 Å². The van der Waals surface area contributed by atoms with Gasteiger partial charge in [-0.1, -0.05) is 44.2 Å². The summed E-state index contributed by atoms with van der Waals surface area (Å²) in [4.78, 5) is 20.8. The van der Waals surface area contributed by atoms with Crippen LogP contribution in [0.5, 0.6) is 5.75 Å². The zero-order chi connectivity index (χ0) is 26.8. The summed E-state index contributed by atoms with van der Waals surface area (Å²) in [6.45, 7) is 12.5. The van der Waals surface area contributed by atoms with Crippen LogP contribution in [-0.4, -0.2) is 42.1 Å². The van der Waals surface area contributed by atoms with Crippen LogP contribution in [0.1, 0.15) is 62.3 Å². The number of hydrogen-bond acceptors (Lipinski definition) is 5. The van der Waals surface area contributed by atoms with Crippen LogP contribution < -0.4 is 4.74 Å². The van der Waals surface area contributed by atoms with E-state index in [0.29, 0.717) is 17.8 Å². The molecule has 216 valence electrons. The van der Waals surface area contributed by atoms with Crippen molar-refractivity contribution >= 4 is 41.7 Å². The number of carbonyl (C=O) groups is 1. The van der Waals surface area contributed by atoms with Crippen molar-refractivity contribution in [2.75, 3.05) is 20.2 Å². The molecule has 0 aliphatic carbocycles. The fourth-order valence-corrected chi connectivity index (χ4v) is 6.34. The van der Waals surface area contributed by atoms with Crippen LogP contribution in [0.4, 0.5) is 0 Å². The third-order valence-electron chi connectivity index (χ3n) is 8.51. The predicted molar refractivity (Wildman–Crippen MR) is 167 cm³/mol. The molecule has 6 atom stereocenters. The van der Waals surface area contributed by atoms with Crippen LogP contribution >= 0.6 is 24.8 Å². The second kappa shape index (κ2) is 13.8. The lowest BCUT2D eigenvalue weighted by atomic mass is 9.73. The molecule has 0 amide bonds. The molecule has 5 nitrogen and oxygen atoms in total. The molecule has 3 saturated heterocycles. The zero-order valence-electron chi connectivity index (χ0n) is 23.9. The average Bonchev–Trinajstić information content (AvgIpc) is 2.95. The summed E-state index contributed by atoms with van der Waals surface area (Å²) in [5, 5.41) is 0.971. The summed E-state index contributed by atoms with van der Waals surface area (Å²) in [7, 11) is 1.67. The van der Waals surface area contributed by atoms with Gasteiger partial charge in [-0.2, -0.15) is 0 Å². The largest absolute Gasteiger partial charge is 0.497 e. The third-order valence-corrected chi connectivity index (χ3v) is 8.51. The molecule has 6 rings (SSSR count). The summed E-state index contributed by atoms with van der Waals surface area (Å²) in [6.07, 6.45) is 6.72. The average molecular weight is 586 g/mol. The Bertz CT molecular complexity index is 1300. The fourth-order valence-electron chi connectivity index (χ4n) is 6.34. The van der Waals surface area contributed by atoms with Crippen molar-refractivity contribution in [3.63, 3.8) is 0 Å². The molecule has 3 aliphatic rings. The molecule has 6 unspecified atom stereocenters. The van der Waals surface area contributed by atoms with Crippen LogP contribution in [0.2, 0.25) is 0 Å². The van der Waals surface area contributed by atoms with Crippen molar-refractivity contribution in [2.45, 2.75) is 58.1 Å². The van der Waals surface area contributed by atoms with Gasteiger partial charge in [-0.05, 0) is 85.9 Å². The SMILES string of the molecule is C=CC1CN2CCC1CC2C(OC(=O)C(C)c1ccc(CC(C)C)cc1)c1ccnc2ccc(OC)cc12.Cl.Cl. The molecule has 40 heavy (non-hydrogen) atoms. The maximum absolute atomic E-state index is 13.7. The van der Waals surface area contributed by atoms with E-state index < -0.39 is 6.10 Å². The summed E-state index contributed by atoms with van der Waals surface area (Å²) in [6, 6.07) is 16.5. The van der Waals surface area contributed by atoms with Crippen LogP contribution in [0.3, 0.4) is 0 Å². The number of rotatable bonds is 9. The Labute approximate surface area is 251 Å². The highest BCUT2D eigenvalue weighted by Gasteiger charge is 2.44. The van der Waals surface area contributed by atoms with Gasteiger partial charge in [-0.3, -0.25) is 14.7 Å². The highest BCUT2D eigenvalue weighted by atomic mass is 35.5. The number of pyridine rings is 1. The maximum atomic E-state index is 13.7. The third kappa shape index (κ3) is 6.64. The van der Waals surface area contributed by atoms with Crippen LogP contribution in [0, 0.1) is 17.8 Å². The molecule has 3 aromatic rings. The van der Waals surface area contributed by atoms with Gasteiger partial charge in [0.1, 0.15) is 11.9 Å². The molecule has 0 saturated carbocycles. The minimum Gasteiger partial charge on any atom is -0.497 e. The monoisotopic (exact) mass is 584 g/mol. The lowest BCUT2D eigenvalue weighted by Gasteiger charge is -2.51. The summed E-state index contributed by atoms with van der Waals surface area (Å²) in [5.74, 6) is 1.88. The first-order chi connectivity index (χ1) is 18.4. The second-order valence-electron chi connectivity index (χ2n) is 11.4. The number of ether oxygens (including phenoxy) is 2. The van der Waals surface area contributed by atoms with Crippen molar-refractivity contribution in [1.29, 1.82) is 0 Å². The molecule has 4 heterocycles. The molecule has 2 aromatic carbocycles. The van der Waals surface area contributed by atoms with E-state index in [1.807, 2.05) is 37.4 Å². The quantitative estimate of drug-likeness (QED) is 0.192. The number of halogens is 2. The molecule has 3 aliphatic heterocycles. The van der Waals surface area contributed by atoms with Gasteiger partial charge in [0, 0.05) is 23.7 Å². The Kier molecular flexibility index (Phi) is 11.0. The topological polar surface area (TPSA) is 51.7 Å².